The zero-order chi connectivity index (χ0) is 13.7. The van der Waals surface area contributed by atoms with E-state index in [9.17, 15) is 9.59 Å². The van der Waals surface area contributed by atoms with Crippen molar-refractivity contribution in [3.63, 3.8) is 0 Å². The van der Waals surface area contributed by atoms with Gasteiger partial charge in [0.15, 0.2) is 11.5 Å². The first-order valence-electron chi connectivity index (χ1n) is 5.28. The quantitative estimate of drug-likeness (QED) is 0.382. The molecule has 0 aliphatic rings. The number of nitrogens with zero attached hydrogens (tertiary/aromatic N) is 1. The summed E-state index contributed by atoms with van der Waals surface area (Å²) < 4.78 is 4.55. The summed E-state index contributed by atoms with van der Waals surface area (Å²) in [4.78, 5) is 24.1. The minimum atomic E-state index is -0.659. The number of ether oxygens (including phenoxy) is 1. The van der Waals surface area contributed by atoms with Gasteiger partial charge >= 0.3 is 5.97 Å². The van der Waals surface area contributed by atoms with Crippen LogP contribution in [0.2, 0.25) is 0 Å². The van der Waals surface area contributed by atoms with Gasteiger partial charge in [-0.2, -0.15) is 0 Å². The minimum Gasteiger partial charge on any atom is -0.513 e. The number of esters is 1. The number of ketones is 1. The van der Waals surface area contributed by atoms with Gasteiger partial charge in [-0.3, -0.25) is 4.79 Å². The summed E-state index contributed by atoms with van der Waals surface area (Å²) in [6.07, 6.45) is 0.673. The number of Topliss-reactive ketones (excluding diaryl/α,β-unsaturated/α-hetero) is 1. The molecule has 1 rings (SSSR count). The highest BCUT2D eigenvalue weighted by Gasteiger charge is 2.17. The Hall–Kier alpha value is -2.30. The number of benzene rings is 1. The molecule has 0 saturated carbocycles. The van der Waals surface area contributed by atoms with Crippen LogP contribution in [-0.2, 0) is 9.53 Å². The molecule has 0 amide bonds. The van der Waals surface area contributed by atoms with Crippen LogP contribution in [0.1, 0.15) is 17.3 Å². The van der Waals surface area contributed by atoms with Gasteiger partial charge in [0.1, 0.15) is 6.26 Å². The Kier molecular flexibility index (Phi) is 4.48. The molecule has 5 heteroatoms. The predicted molar refractivity (Wildman–Crippen MR) is 67.6 cm³/mol. The summed E-state index contributed by atoms with van der Waals surface area (Å²) >= 11 is 0. The zero-order valence-electron chi connectivity index (χ0n) is 10.5. The first-order chi connectivity index (χ1) is 8.51. The molecule has 0 unspecified atom stereocenters. The number of methoxy groups -OCH3 is 1. The number of anilines is 1. The Labute approximate surface area is 105 Å². The van der Waals surface area contributed by atoms with Crippen LogP contribution in [0.5, 0.6) is 0 Å². The Bertz CT molecular complexity index is 494. The third kappa shape index (κ3) is 2.88. The molecule has 0 atom stereocenters. The van der Waals surface area contributed by atoms with E-state index in [0.717, 1.165) is 0 Å². The number of aliphatic hydroxyl groups excluding tert-OH is 1. The first kappa shape index (κ1) is 13.8. The van der Waals surface area contributed by atoms with Gasteiger partial charge in [-0.05, 0) is 19.1 Å². The molecular formula is C13H15NO4. The highest BCUT2D eigenvalue weighted by Crippen LogP contribution is 2.19. The van der Waals surface area contributed by atoms with Crippen molar-refractivity contribution in [3.05, 3.63) is 41.8 Å². The zero-order valence-corrected chi connectivity index (χ0v) is 10.5. The molecular weight excluding hydrogens is 234 g/mol. The summed E-state index contributed by atoms with van der Waals surface area (Å²) in [5.74, 6) is -0.730. The smallest absolute Gasteiger partial charge is 0.357 e. The van der Waals surface area contributed by atoms with Crippen molar-refractivity contribution in [2.75, 3.05) is 19.1 Å². The maximum Gasteiger partial charge on any atom is 0.357 e. The van der Waals surface area contributed by atoms with Crippen LogP contribution in [0.3, 0.4) is 0 Å². The van der Waals surface area contributed by atoms with Gasteiger partial charge < -0.3 is 14.7 Å². The van der Waals surface area contributed by atoms with Crippen molar-refractivity contribution < 1.29 is 19.4 Å². The van der Waals surface area contributed by atoms with Crippen LogP contribution < -0.4 is 4.90 Å². The summed E-state index contributed by atoms with van der Waals surface area (Å²) in [5.41, 5.74) is 1.12. The Morgan fingerprint density at radius 1 is 1.39 bits per heavy atom. The monoisotopic (exact) mass is 249 g/mol. The maximum absolute atomic E-state index is 11.4. The number of hydrogen-bond acceptors (Lipinski definition) is 5. The molecule has 0 fully saturated rings. The van der Waals surface area contributed by atoms with E-state index in [0.29, 0.717) is 17.5 Å². The second kappa shape index (κ2) is 5.86. The van der Waals surface area contributed by atoms with Gasteiger partial charge in [0.25, 0.3) is 0 Å². The van der Waals surface area contributed by atoms with Crippen LogP contribution >= 0.6 is 0 Å². The van der Waals surface area contributed by atoms with Crippen molar-refractivity contribution in [1.82, 2.24) is 0 Å². The third-order valence-corrected chi connectivity index (χ3v) is 2.52. The topological polar surface area (TPSA) is 66.8 Å². The number of carbonyl (C=O) groups is 2. The van der Waals surface area contributed by atoms with E-state index in [-0.39, 0.29) is 11.5 Å². The van der Waals surface area contributed by atoms with Gasteiger partial charge in [0.2, 0.25) is 0 Å². The Balaban J connectivity index is 3.10. The highest BCUT2D eigenvalue weighted by molar-refractivity contribution is 5.96. The summed E-state index contributed by atoms with van der Waals surface area (Å²) in [6.45, 7) is 1.46. The molecule has 0 saturated heterocycles. The van der Waals surface area contributed by atoms with Gasteiger partial charge in [0, 0.05) is 18.3 Å². The fourth-order valence-electron chi connectivity index (χ4n) is 1.45. The van der Waals surface area contributed by atoms with E-state index in [2.05, 4.69) is 4.74 Å². The van der Waals surface area contributed by atoms with Crippen molar-refractivity contribution >= 4 is 17.4 Å². The average molecular weight is 249 g/mol. The third-order valence-electron chi connectivity index (χ3n) is 2.52. The molecule has 0 radical (unpaired) electrons. The normalized spacial score (nSPS) is 10.9. The van der Waals surface area contributed by atoms with E-state index in [1.54, 1.807) is 31.3 Å². The average Bonchev–Trinajstić information content (AvgIpc) is 2.39. The number of carbonyl (C=O) groups excluding carboxylic acids is 2. The minimum absolute atomic E-state index is 0.0156. The number of rotatable bonds is 4. The van der Waals surface area contributed by atoms with Gasteiger partial charge in [0.05, 0.1) is 7.11 Å². The van der Waals surface area contributed by atoms with Crippen LogP contribution in [0.25, 0.3) is 0 Å². The van der Waals surface area contributed by atoms with Crippen molar-refractivity contribution in [2.45, 2.75) is 6.92 Å². The lowest BCUT2D eigenvalue weighted by atomic mass is 10.1. The van der Waals surface area contributed by atoms with E-state index in [1.165, 1.54) is 18.9 Å². The Morgan fingerprint density at radius 2 is 2.06 bits per heavy atom. The molecule has 1 N–H and O–H groups in total. The maximum atomic E-state index is 11.4. The summed E-state index contributed by atoms with van der Waals surface area (Å²) in [5, 5.41) is 9.07. The summed E-state index contributed by atoms with van der Waals surface area (Å²) in [6, 6.07) is 6.74. The molecule has 1 aromatic rings. The van der Waals surface area contributed by atoms with Crippen LogP contribution in [-0.4, -0.2) is 31.0 Å². The second-order valence-electron chi connectivity index (χ2n) is 3.67. The van der Waals surface area contributed by atoms with E-state index in [1.807, 2.05) is 0 Å². The SMILES string of the molecule is COC(=O)/C(=C/O)N(C)c1cccc(C(C)=O)c1. The summed E-state index contributed by atoms with van der Waals surface area (Å²) in [7, 11) is 2.82. The van der Waals surface area contributed by atoms with Crippen molar-refractivity contribution in [2.24, 2.45) is 0 Å². The van der Waals surface area contributed by atoms with Crippen molar-refractivity contribution in [3.8, 4) is 0 Å². The second-order valence-corrected chi connectivity index (χ2v) is 3.67. The molecule has 5 nitrogen and oxygen atoms in total. The molecule has 1 aromatic carbocycles. The first-order valence-corrected chi connectivity index (χ1v) is 5.28. The standard InChI is InChI=1S/C13H15NO4/c1-9(16)10-5-4-6-11(7-10)14(2)12(8-15)13(17)18-3/h4-8,15H,1-3H3/b12-8-. The molecule has 0 aliphatic heterocycles. The molecule has 0 heterocycles. The Morgan fingerprint density at radius 3 is 2.56 bits per heavy atom. The molecule has 0 bridgehead atoms. The molecule has 0 aromatic heterocycles. The fourth-order valence-corrected chi connectivity index (χ4v) is 1.45. The molecule has 0 spiro atoms. The largest absolute Gasteiger partial charge is 0.513 e. The molecule has 96 valence electrons. The number of likely N-dealkylation sites (N-methyl/N-ethyl adjacent to an activating group) is 1. The lowest BCUT2D eigenvalue weighted by Crippen LogP contribution is -2.24. The van der Waals surface area contributed by atoms with Crippen molar-refractivity contribution in [1.29, 1.82) is 0 Å². The van der Waals surface area contributed by atoms with E-state index in [4.69, 9.17) is 5.11 Å². The van der Waals surface area contributed by atoms with Crippen LogP contribution in [0, 0.1) is 0 Å². The lowest BCUT2D eigenvalue weighted by molar-refractivity contribution is -0.136. The molecule has 0 aliphatic carbocycles. The van der Waals surface area contributed by atoms with Crippen LogP contribution in [0.15, 0.2) is 36.2 Å². The fraction of sp³-hybridized carbons (Fsp3) is 0.231. The van der Waals surface area contributed by atoms with Gasteiger partial charge in [-0.25, -0.2) is 4.79 Å². The van der Waals surface area contributed by atoms with Gasteiger partial charge in [-0.15, -0.1) is 0 Å². The van der Waals surface area contributed by atoms with Crippen LogP contribution in [0.4, 0.5) is 5.69 Å². The highest BCUT2D eigenvalue weighted by atomic mass is 16.5. The van der Waals surface area contributed by atoms with Gasteiger partial charge in [-0.1, -0.05) is 12.1 Å². The lowest BCUT2D eigenvalue weighted by Gasteiger charge is -2.20. The number of aliphatic hydroxyl groups is 1. The number of hydrogen-bond donors (Lipinski definition) is 1. The molecule has 18 heavy (non-hydrogen) atoms. The van der Waals surface area contributed by atoms with E-state index < -0.39 is 5.97 Å². The van der Waals surface area contributed by atoms with E-state index >= 15 is 0 Å². The predicted octanol–water partition coefficient (Wildman–Crippen LogP) is 1.90.